The monoisotopic (exact) mass is 373 g/mol. The van der Waals surface area contributed by atoms with Gasteiger partial charge in [-0.25, -0.2) is 0 Å². The van der Waals surface area contributed by atoms with Crippen LogP contribution in [-0.2, 0) is 6.42 Å². The van der Waals surface area contributed by atoms with Crippen molar-refractivity contribution >= 4 is 43.2 Å². The summed E-state index contributed by atoms with van der Waals surface area (Å²) in [6, 6.07) is 10.5. The molecule has 0 saturated carbocycles. The molecule has 0 aliphatic heterocycles. The first-order valence-corrected chi connectivity index (χ1v) is 7.81. The molecule has 1 heterocycles. The summed E-state index contributed by atoms with van der Waals surface area (Å²) in [5.41, 5.74) is 8.79. The predicted octanol–water partition coefficient (Wildman–Crippen LogP) is 4.88. The SMILES string of the molecule is CCc1cccc(C(N)c2cc(Br)c(Br)s2)c1. The molecule has 2 N–H and O–H groups in total. The van der Waals surface area contributed by atoms with Gasteiger partial charge in [-0.05, 0) is 55.5 Å². The third-order valence-corrected chi connectivity index (χ3v) is 6.03. The third-order valence-electron chi connectivity index (χ3n) is 2.69. The van der Waals surface area contributed by atoms with Crippen LogP contribution in [0.1, 0.15) is 29.0 Å². The van der Waals surface area contributed by atoms with Crippen LogP contribution in [0.4, 0.5) is 0 Å². The average molecular weight is 375 g/mol. The van der Waals surface area contributed by atoms with E-state index in [1.807, 2.05) is 0 Å². The lowest BCUT2D eigenvalue weighted by Gasteiger charge is -2.11. The largest absolute Gasteiger partial charge is 0.320 e. The van der Waals surface area contributed by atoms with Crippen molar-refractivity contribution in [1.82, 2.24) is 0 Å². The number of thiophene rings is 1. The maximum absolute atomic E-state index is 6.29. The first-order chi connectivity index (χ1) is 8.11. The van der Waals surface area contributed by atoms with E-state index in [1.165, 1.54) is 11.1 Å². The Morgan fingerprint density at radius 3 is 2.65 bits per heavy atom. The van der Waals surface area contributed by atoms with Gasteiger partial charge in [-0.3, -0.25) is 0 Å². The smallest absolute Gasteiger partial charge is 0.0843 e. The van der Waals surface area contributed by atoms with E-state index >= 15 is 0 Å². The van der Waals surface area contributed by atoms with Gasteiger partial charge in [0.15, 0.2) is 0 Å². The first-order valence-electron chi connectivity index (χ1n) is 5.41. The van der Waals surface area contributed by atoms with Crippen molar-refractivity contribution in [1.29, 1.82) is 0 Å². The van der Waals surface area contributed by atoms with Gasteiger partial charge in [0, 0.05) is 9.35 Å². The Morgan fingerprint density at radius 1 is 1.29 bits per heavy atom. The van der Waals surface area contributed by atoms with Crippen molar-refractivity contribution in [2.75, 3.05) is 0 Å². The summed E-state index contributed by atoms with van der Waals surface area (Å²) < 4.78 is 2.16. The van der Waals surface area contributed by atoms with Crippen LogP contribution >= 0.6 is 43.2 Å². The van der Waals surface area contributed by atoms with Gasteiger partial charge < -0.3 is 5.73 Å². The molecule has 17 heavy (non-hydrogen) atoms. The number of hydrogen-bond acceptors (Lipinski definition) is 2. The summed E-state index contributed by atoms with van der Waals surface area (Å²) in [5.74, 6) is 0. The van der Waals surface area contributed by atoms with Crippen molar-refractivity contribution < 1.29 is 0 Å². The second-order valence-electron chi connectivity index (χ2n) is 3.85. The molecular formula is C13H13Br2NS. The van der Waals surface area contributed by atoms with Gasteiger partial charge in [-0.1, -0.05) is 31.2 Å². The molecule has 0 bridgehead atoms. The Bertz CT molecular complexity index is 502. The lowest BCUT2D eigenvalue weighted by molar-refractivity contribution is 0.888. The summed E-state index contributed by atoms with van der Waals surface area (Å²) in [6.07, 6.45) is 1.04. The Labute approximate surface area is 122 Å². The number of benzene rings is 1. The van der Waals surface area contributed by atoms with E-state index in [1.54, 1.807) is 11.3 Å². The zero-order valence-electron chi connectivity index (χ0n) is 9.41. The van der Waals surface area contributed by atoms with Crippen molar-refractivity contribution in [3.8, 4) is 0 Å². The fraction of sp³-hybridized carbons (Fsp3) is 0.231. The molecule has 0 fully saturated rings. The molecular weight excluding hydrogens is 362 g/mol. The van der Waals surface area contributed by atoms with Crippen LogP contribution < -0.4 is 5.73 Å². The first kappa shape index (κ1) is 13.3. The number of halogens is 2. The molecule has 0 spiro atoms. The topological polar surface area (TPSA) is 26.0 Å². The summed E-state index contributed by atoms with van der Waals surface area (Å²) in [6.45, 7) is 2.16. The zero-order chi connectivity index (χ0) is 12.4. The molecule has 2 rings (SSSR count). The van der Waals surface area contributed by atoms with Crippen LogP contribution in [-0.4, -0.2) is 0 Å². The fourth-order valence-corrected chi connectivity index (χ4v) is 3.81. The van der Waals surface area contributed by atoms with Crippen LogP contribution in [0.3, 0.4) is 0 Å². The molecule has 0 saturated heterocycles. The van der Waals surface area contributed by atoms with E-state index in [2.05, 4.69) is 69.1 Å². The van der Waals surface area contributed by atoms with Gasteiger partial charge in [0.1, 0.15) is 0 Å². The molecule has 1 nitrogen and oxygen atoms in total. The summed E-state index contributed by atoms with van der Waals surface area (Å²) in [7, 11) is 0. The predicted molar refractivity (Wildman–Crippen MR) is 81.6 cm³/mol. The van der Waals surface area contributed by atoms with Crippen LogP contribution in [0.5, 0.6) is 0 Å². The Hall–Kier alpha value is -0.160. The molecule has 0 aliphatic rings. The summed E-state index contributed by atoms with van der Waals surface area (Å²) in [5, 5.41) is 0. The van der Waals surface area contributed by atoms with Gasteiger partial charge in [0.05, 0.1) is 9.83 Å². The van der Waals surface area contributed by atoms with E-state index in [4.69, 9.17) is 5.73 Å². The molecule has 1 unspecified atom stereocenters. The Morgan fingerprint density at radius 2 is 2.06 bits per heavy atom. The molecule has 4 heteroatoms. The van der Waals surface area contributed by atoms with E-state index in [-0.39, 0.29) is 6.04 Å². The van der Waals surface area contributed by atoms with Gasteiger partial charge in [0.2, 0.25) is 0 Å². The van der Waals surface area contributed by atoms with Crippen LogP contribution in [0.25, 0.3) is 0 Å². The second kappa shape index (κ2) is 5.65. The number of hydrogen-bond donors (Lipinski definition) is 1. The standard InChI is InChI=1S/C13H13Br2NS/c1-2-8-4-3-5-9(6-8)12(16)11-7-10(14)13(15)17-11/h3-7,12H,2,16H2,1H3. The lowest BCUT2D eigenvalue weighted by Crippen LogP contribution is -2.10. The lowest BCUT2D eigenvalue weighted by atomic mass is 10.0. The van der Waals surface area contributed by atoms with Gasteiger partial charge >= 0.3 is 0 Å². The highest BCUT2D eigenvalue weighted by Crippen LogP contribution is 2.36. The quantitative estimate of drug-likeness (QED) is 0.813. The highest BCUT2D eigenvalue weighted by Gasteiger charge is 2.13. The molecule has 0 amide bonds. The average Bonchev–Trinajstić information content (AvgIpc) is 2.69. The zero-order valence-corrected chi connectivity index (χ0v) is 13.4. The minimum absolute atomic E-state index is 0.0471. The van der Waals surface area contributed by atoms with Gasteiger partial charge in [0.25, 0.3) is 0 Å². The normalized spacial score (nSPS) is 12.7. The van der Waals surface area contributed by atoms with E-state index in [0.29, 0.717) is 0 Å². The maximum atomic E-state index is 6.29. The molecule has 1 aromatic carbocycles. The summed E-state index contributed by atoms with van der Waals surface area (Å²) >= 11 is 8.67. The Kier molecular flexibility index (Phi) is 4.42. The van der Waals surface area contributed by atoms with Crippen molar-refractivity contribution in [3.05, 3.63) is 54.6 Å². The minimum Gasteiger partial charge on any atom is -0.320 e. The van der Waals surface area contributed by atoms with Gasteiger partial charge in [-0.15, -0.1) is 11.3 Å². The van der Waals surface area contributed by atoms with Crippen LogP contribution in [0, 0.1) is 0 Å². The third kappa shape index (κ3) is 2.99. The number of rotatable bonds is 3. The number of nitrogens with two attached hydrogens (primary N) is 1. The molecule has 0 aliphatic carbocycles. The van der Waals surface area contributed by atoms with E-state index in [0.717, 1.165) is 19.6 Å². The van der Waals surface area contributed by atoms with E-state index < -0.39 is 0 Å². The van der Waals surface area contributed by atoms with Crippen molar-refractivity contribution in [2.45, 2.75) is 19.4 Å². The highest BCUT2D eigenvalue weighted by atomic mass is 79.9. The van der Waals surface area contributed by atoms with Crippen LogP contribution in [0.2, 0.25) is 0 Å². The van der Waals surface area contributed by atoms with Crippen molar-refractivity contribution in [2.24, 2.45) is 5.73 Å². The van der Waals surface area contributed by atoms with E-state index in [9.17, 15) is 0 Å². The molecule has 1 aromatic heterocycles. The molecule has 90 valence electrons. The maximum Gasteiger partial charge on any atom is 0.0843 e. The van der Waals surface area contributed by atoms with Gasteiger partial charge in [-0.2, -0.15) is 0 Å². The van der Waals surface area contributed by atoms with Crippen molar-refractivity contribution in [3.63, 3.8) is 0 Å². The number of aryl methyl sites for hydroxylation is 1. The second-order valence-corrected chi connectivity index (χ2v) is 7.10. The highest BCUT2D eigenvalue weighted by molar-refractivity contribution is 9.13. The summed E-state index contributed by atoms with van der Waals surface area (Å²) in [4.78, 5) is 1.16. The molecule has 0 radical (unpaired) electrons. The molecule has 2 aromatic rings. The minimum atomic E-state index is -0.0471. The molecule has 1 atom stereocenters. The van der Waals surface area contributed by atoms with Crippen LogP contribution in [0.15, 0.2) is 38.6 Å². The Balaban J connectivity index is 2.32. The fourth-order valence-electron chi connectivity index (χ4n) is 1.69.